The Morgan fingerprint density at radius 3 is 2.19 bits per heavy atom. The number of aliphatic hydroxyl groups is 1. The van der Waals surface area contributed by atoms with Crippen LogP contribution in [0.2, 0.25) is 10.0 Å². The van der Waals surface area contributed by atoms with Crippen molar-refractivity contribution in [3.8, 4) is 5.75 Å². The zero-order valence-corrected chi connectivity index (χ0v) is 26.3. The molecule has 42 heavy (non-hydrogen) atoms. The standard InChI is InChI=1S/C33H31Cl2NO5S/c1-6-40-32(39)27-28(37)26(42-31(27)36-30(38)22-11-13-23(14-12-22)33(3,4)5)17-21-15-24(34)29(25(35)16-21)41-18-20-9-7-19(2)8-10-20/h7-17,37H,6,18H2,1-5H3/b26-17+,36-31?. The van der Waals surface area contributed by atoms with E-state index in [4.69, 9.17) is 32.7 Å². The predicted molar refractivity (Wildman–Crippen MR) is 171 cm³/mol. The fraction of sp³-hybridized carbons (Fsp3) is 0.242. The van der Waals surface area contributed by atoms with E-state index in [0.29, 0.717) is 16.9 Å². The number of aryl methyl sites for hydroxylation is 1. The minimum absolute atomic E-state index is 0.0392. The lowest BCUT2D eigenvalue weighted by atomic mass is 9.87. The van der Waals surface area contributed by atoms with E-state index in [1.54, 1.807) is 37.3 Å². The van der Waals surface area contributed by atoms with E-state index >= 15 is 0 Å². The minimum Gasteiger partial charge on any atom is -0.506 e. The third-order valence-corrected chi connectivity index (χ3v) is 7.97. The highest BCUT2D eigenvalue weighted by Crippen LogP contribution is 2.41. The third kappa shape index (κ3) is 7.46. The summed E-state index contributed by atoms with van der Waals surface area (Å²) in [5, 5.41) is 11.6. The number of ether oxygens (including phenoxy) is 2. The van der Waals surface area contributed by atoms with Gasteiger partial charge in [-0.05, 0) is 66.3 Å². The SMILES string of the molecule is CCOC(=O)C1=C(O)/C(=C\c2cc(Cl)c(OCc3ccc(C)cc3)c(Cl)c2)SC1=NC(=O)c1ccc(C(C)(C)C)cc1. The number of thioether (sulfide) groups is 1. The Morgan fingerprint density at radius 2 is 1.62 bits per heavy atom. The molecular weight excluding hydrogens is 593 g/mol. The molecular formula is C33H31Cl2NO5S. The van der Waals surface area contributed by atoms with Crippen LogP contribution in [-0.2, 0) is 21.6 Å². The van der Waals surface area contributed by atoms with Gasteiger partial charge in [0.2, 0.25) is 0 Å². The summed E-state index contributed by atoms with van der Waals surface area (Å²) in [4.78, 5) is 30.3. The van der Waals surface area contributed by atoms with Gasteiger partial charge in [-0.2, -0.15) is 0 Å². The fourth-order valence-electron chi connectivity index (χ4n) is 4.05. The molecule has 0 saturated heterocycles. The molecule has 3 aromatic rings. The largest absolute Gasteiger partial charge is 0.506 e. The quantitative estimate of drug-likeness (QED) is 0.264. The van der Waals surface area contributed by atoms with Gasteiger partial charge in [0, 0.05) is 5.56 Å². The molecule has 1 aliphatic heterocycles. The number of halogens is 2. The second-order valence-electron chi connectivity index (χ2n) is 10.7. The molecule has 0 fully saturated rings. The highest BCUT2D eigenvalue weighted by atomic mass is 35.5. The highest BCUT2D eigenvalue weighted by Gasteiger charge is 2.34. The van der Waals surface area contributed by atoms with E-state index in [-0.39, 0.29) is 50.0 Å². The molecule has 218 valence electrons. The molecule has 9 heteroatoms. The maximum Gasteiger partial charge on any atom is 0.344 e. The lowest BCUT2D eigenvalue weighted by Crippen LogP contribution is -2.14. The zero-order valence-electron chi connectivity index (χ0n) is 24.0. The first-order valence-electron chi connectivity index (χ1n) is 13.3. The Kier molecular flexibility index (Phi) is 9.87. The van der Waals surface area contributed by atoms with Crippen LogP contribution < -0.4 is 4.74 Å². The molecule has 1 aliphatic rings. The Balaban J connectivity index is 1.61. The summed E-state index contributed by atoms with van der Waals surface area (Å²) in [7, 11) is 0. The van der Waals surface area contributed by atoms with Crippen LogP contribution in [0.3, 0.4) is 0 Å². The van der Waals surface area contributed by atoms with Crippen molar-refractivity contribution < 1.29 is 24.2 Å². The molecule has 0 atom stereocenters. The number of nitrogens with zero attached hydrogens (tertiary/aromatic N) is 1. The maximum absolute atomic E-state index is 13.0. The van der Waals surface area contributed by atoms with Gasteiger partial charge < -0.3 is 14.6 Å². The second kappa shape index (κ2) is 13.2. The van der Waals surface area contributed by atoms with E-state index in [1.807, 2.05) is 43.3 Å². The minimum atomic E-state index is -0.781. The molecule has 1 N–H and O–H groups in total. The summed E-state index contributed by atoms with van der Waals surface area (Å²) >= 11 is 14.0. The first-order valence-corrected chi connectivity index (χ1v) is 14.9. The van der Waals surface area contributed by atoms with E-state index < -0.39 is 11.9 Å². The molecule has 0 unspecified atom stereocenters. The highest BCUT2D eigenvalue weighted by molar-refractivity contribution is 8.18. The smallest absolute Gasteiger partial charge is 0.344 e. The summed E-state index contributed by atoms with van der Waals surface area (Å²) in [5.41, 5.74) is 3.84. The van der Waals surface area contributed by atoms with Crippen LogP contribution in [0, 0.1) is 6.92 Å². The topological polar surface area (TPSA) is 85.2 Å². The average molecular weight is 625 g/mol. The second-order valence-corrected chi connectivity index (χ2v) is 12.5. The maximum atomic E-state index is 13.0. The van der Waals surface area contributed by atoms with E-state index in [0.717, 1.165) is 28.5 Å². The van der Waals surface area contributed by atoms with Gasteiger partial charge in [-0.25, -0.2) is 9.79 Å². The molecule has 0 radical (unpaired) electrons. The molecule has 0 spiro atoms. The zero-order chi connectivity index (χ0) is 30.6. The molecule has 1 amide bonds. The molecule has 0 aliphatic carbocycles. The number of hydrogen-bond donors (Lipinski definition) is 1. The molecule has 0 bridgehead atoms. The normalized spacial score (nSPS) is 15.4. The van der Waals surface area contributed by atoms with Gasteiger partial charge in [0.1, 0.15) is 23.0 Å². The summed E-state index contributed by atoms with van der Waals surface area (Å²) in [6.07, 6.45) is 1.60. The predicted octanol–water partition coefficient (Wildman–Crippen LogP) is 8.88. The summed E-state index contributed by atoms with van der Waals surface area (Å²) < 4.78 is 11.0. The fourth-order valence-corrected chi connectivity index (χ4v) is 5.68. The van der Waals surface area contributed by atoms with Crippen LogP contribution in [0.15, 0.2) is 81.9 Å². The van der Waals surface area contributed by atoms with Crippen molar-refractivity contribution >= 4 is 58.0 Å². The van der Waals surface area contributed by atoms with Crippen molar-refractivity contribution in [2.24, 2.45) is 4.99 Å². The van der Waals surface area contributed by atoms with Crippen LogP contribution in [-0.4, -0.2) is 28.6 Å². The van der Waals surface area contributed by atoms with Crippen LogP contribution in [0.25, 0.3) is 6.08 Å². The van der Waals surface area contributed by atoms with E-state index in [9.17, 15) is 14.7 Å². The number of hydrogen-bond acceptors (Lipinski definition) is 6. The molecule has 0 aromatic heterocycles. The van der Waals surface area contributed by atoms with Crippen molar-refractivity contribution in [3.05, 3.63) is 115 Å². The van der Waals surface area contributed by atoms with Gasteiger partial charge in [-0.1, -0.05) is 97.7 Å². The molecule has 6 nitrogen and oxygen atoms in total. The molecule has 3 aromatic carbocycles. The van der Waals surface area contributed by atoms with Gasteiger partial charge in [0.05, 0.1) is 21.6 Å². The van der Waals surface area contributed by atoms with E-state index in [2.05, 4.69) is 25.8 Å². The lowest BCUT2D eigenvalue weighted by molar-refractivity contribution is -0.138. The Hall–Kier alpha value is -3.52. The number of aliphatic hydroxyl groups excluding tert-OH is 1. The molecule has 1 heterocycles. The monoisotopic (exact) mass is 623 g/mol. The number of carbonyl (C=O) groups is 2. The Labute approximate surface area is 260 Å². The van der Waals surface area contributed by atoms with Crippen molar-refractivity contribution in [1.29, 1.82) is 0 Å². The Bertz CT molecular complexity index is 1580. The summed E-state index contributed by atoms with van der Waals surface area (Å²) in [6.45, 7) is 10.3. The number of carbonyl (C=O) groups excluding carboxylic acids is 2. The van der Waals surface area contributed by atoms with Crippen molar-refractivity contribution in [3.63, 3.8) is 0 Å². The van der Waals surface area contributed by atoms with Crippen LogP contribution in [0.1, 0.15) is 60.3 Å². The van der Waals surface area contributed by atoms with Crippen molar-refractivity contribution in [2.45, 2.75) is 46.6 Å². The van der Waals surface area contributed by atoms with Gasteiger partial charge in [-0.15, -0.1) is 0 Å². The third-order valence-electron chi connectivity index (χ3n) is 6.39. The van der Waals surface area contributed by atoms with Gasteiger partial charge >= 0.3 is 5.97 Å². The molecule has 0 saturated carbocycles. The van der Waals surface area contributed by atoms with Crippen LogP contribution in [0.5, 0.6) is 5.75 Å². The van der Waals surface area contributed by atoms with Crippen molar-refractivity contribution in [2.75, 3.05) is 6.61 Å². The first kappa shape index (κ1) is 31.4. The van der Waals surface area contributed by atoms with Crippen molar-refractivity contribution in [1.82, 2.24) is 0 Å². The van der Waals surface area contributed by atoms with Crippen LogP contribution >= 0.6 is 35.0 Å². The van der Waals surface area contributed by atoms with Gasteiger partial charge in [0.15, 0.2) is 5.75 Å². The van der Waals surface area contributed by atoms with Gasteiger partial charge in [0.25, 0.3) is 5.91 Å². The number of esters is 1. The number of benzene rings is 3. The first-order chi connectivity index (χ1) is 19.9. The lowest BCUT2D eigenvalue weighted by Gasteiger charge is -2.18. The average Bonchev–Trinajstić information content (AvgIpc) is 3.22. The Morgan fingerprint density at radius 1 is 1.00 bits per heavy atom. The van der Waals surface area contributed by atoms with Gasteiger partial charge in [-0.3, -0.25) is 4.79 Å². The summed E-state index contributed by atoms with van der Waals surface area (Å²) in [5.74, 6) is -1.34. The number of rotatable bonds is 7. The molecule has 4 rings (SSSR count). The number of amides is 1. The van der Waals surface area contributed by atoms with E-state index in [1.165, 1.54) is 0 Å². The summed E-state index contributed by atoms with van der Waals surface area (Å²) in [6, 6.07) is 18.3. The number of aliphatic imine (C=N–C) groups is 1. The van der Waals surface area contributed by atoms with Crippen LogP contribution in [0.4, 0.5) is 0 Å².